The molecule has 0 aliphatic rings. The van der Waals surface area contributed by atoms with Gasteiger partial charge in [0.15, 0.2) is 0 Å². The van der Waals surface area contributed by atoms with E-state index in [9.17, 15) is 4.79 Å². The Bertz CT molecular complexity index is 628. The first-order valence-corrected chi connectivity index (χ1v) is 7.01. The zero-order chi connectivity index (χ0) is 15.2. The van der Waals surface area contributed by atoms with E-state index in [0.29, 0.717) is 13.0 Å². The van der Waals surface area contributed by atoms with Gasteiger partial charge >= 0.3 is 5.97 Å². The minimum Gasteiger partial charge on any atom is -0.497 e. The van der Waals surface area contributed by atoms with Gasteiger partial charge in [-0.15, -0.1) is 0 Å². The van der Waals surface area contributed by atoms with Crippen molar-refractivity contribution in [2.75, 3.05) is 19.0 Å². The first-order valence-electron chi connectivity index (χ1n) is 7.01. The maximum Gasteiger partial charge on any atom is 0.306 e. The number of aliphatic carboxylic acids is 1. The molecule has 1 heterocycles. The van der Waals surface area contributed by atoms with Crippen LogP contribution in [0.25, 0.3) is 10.8 Å². The second kappa shape index (κ2) is 6.92. The Morgan fingerprint density at radius 3 is 2.95 bits per heavy atom. The number of hydrogen-bond acceptors (Lipinski definition) is 4. The maximum atomic E-state index is 10.8. The van der Waals surface area contributed by atoms with Gasteiger partial charge in [0.25, 0.3) is 0 Å². The number of carboxylic acid groups (broad SMARTS) is 1. The van der Waals surface area contributed by atoms with Crippen molar-refractivity contribution in [3.8, 4) is 5.75 Å². The van der Waals surface area contributed by atoms with E-state index in [1.54, 1.807) is 20.2 Å². The van der Waals surface area contributed by atoms with Crippen molar-refractivity contribution in [3.63, 3.8) is 0 Å². The lowest BCUT2D eigenvalue weighted by Crippen LogP contribution is -2.12. The monoisotopic (exact) mass is 288 g/mol. The predicted molar refractivity (Wildman–Crippen MR) is 82.8 cm³/mol. The number of fused-ring (bicyclic) bond motifs is 1. The molecular formula is C16H20N2O3. The molecule has 2 N–H and O–H groups in total. The normalized spacial score (nSPS) is 12.1. The fraction of sp³-hybridized carbons (Fsp3) is 0.375. The standard InChI is InChI=1S/C16H20N2O3/c1-11(16(19)20)4-3-8-17-15-14-10-13(21-2)6-5-12(14)7-9-18-15/h5-7,9-11H,3-4,8H2,1-2H3,(H,17,18)(H,19,20). The SMILES string of the molecule is COc1ccc2ccnc(NCCCC(C)C(=O)O)c2c1. The Kier molecular flexibility index (Phi) is 4.98. The molecule has 0 spiro atoms. The molecule has 0 saturated heterocycles. The molecule has 1 unspecified atom stereocenters. The van der Waals surface area contributed by atoms with Gasteiger partial charge in [-0.2, -0.15) is 0 Å². The Balaban J connectivity index is 2.03. The number of aromatic nitrogens is 1. The van der Waals surface area contributed by atoms with E-state index < -0.39 is 5.97 Å². The molecule has 1 aromatic heterocycles. The van der Waals surface area contributed by atoms with Crippen LogP contribution in [0.1, 0.15) is 19.8 Å². The number of anilines is 1. The van der Waals surface area contributed by atoms with Crippen molar-refractivity contribution in [1.29, 1.82) is 0 Å². The van der Waals surface area contributed by atoms with Gasteiger partial charge in [0.1, 0.15) is 11.6 Å². The third-order valence-electron chi connectivity index (χ3n) is 3.50. The first kappa shape index (κ1) is 15.1. The molecule has 2 rings (SSSR count). The number of hydrogen-bond donors (Lipinski definition) is 2. The highest BCUT2D eigenvalue weighted by atomic mass is 16.5. The lowest BCUT2D eigenvalue weighted by molar-refractivity contribution is -0.141. The predicted octanol–water partition coefficient (Wildman–Crippen LogP) is 3.16. The van der Waals surface area contributed by atoms with Crippen molar-refractivity contribution < 1.29 is 14.6 Å². The van der Waals surface area contributed by atoms with Crippen LogP contribution in [0.4, 0.5) is 5.82 Å². The summed E-state index contributed by atoms with van der Waals surface area (Å²) in [4.78, 5) is 15.1. The van der Waals surface area contributed by atoms with E-state index in [2.05, 4.69) is 10.3 Å². The summed E-state index contributed by atoms with van der Waals surface area (Å²) in [6.07, 6.45) is 3.20. The van der Waals surface area contributed by atoms with E-state index in [0.717, 1.165) is 28.8 Å². The summed E-state index contributed by atoms with van der Waals surface area (Å²) in [7, 11) is 1.64. The Morgan fingerprint density at radius 1 is 1.43 bits per heavy atom. The molecule has 112 valence electrons. The van der Waals surface area contributed by atoms with Crippen molar-refractivity contribution >= 4 is 22.6 Å². The van der Waals surface area contributed by atoms with Gasteiger partial charge in [0, 0.05) is 18.1 Å². The Morgan fingerprint density at radius 2 is 2.24 bits per heavy atom. The molecule has 0 aliphatic carbocycles. The van der Waals surface area contributed by atoms with Crippen LogP contribution >= 0.6 is 0 Å². The molecule has 0 bridgehead atoms. The molecule has 0 amide bonds. The van der Waals surface area contributed by atoms with Crippen molar-refractivity contribution in [3.05, 3.63) is 30.5 Å². The third kappa shape index (κ3) is 3.84. The molecule has 2 aromatic rings. The molecule has 21 heavy (non-hydrogen) atoms. The van der Waals surface area contributed by atoms with Crippen molar-refractivity contribution in [1.82, 2.24) is 4.98 Å². The summed E-state index contributed by atoms with van der Waals surface area (Å²) < 4.78 is 5.24. The molecule has 0 aliphatic heterocycles. The second-order valence-corrected chi connectivity index (χ2v) is 5.05. The molecule has 0 saturated carbocycles. The lowest BCUT2D eigenvalue weighted by Gasteiger charge is -2.10. The third-order valence-corrected chi connectivity index (χ3v) is 3.50. The number of nitrogens with zero attached hydrogens (tertiary/aromatic N) is 1. The van der Waals surface area contributed by atoms with E-state index in [-0.39, 0.29) is 5.92 Å². The Hall–Kier alpha value is -2.30. The number of benzene rings is 1. The quantitative estimate of drug-likeness (QED) is 0.766. The van der Waals surface area contributed by atoms with Crippen LogP contribution in [0, 0.1) is 5.92 Å². The first-order chi connectivity index (χ1) is 10.1. The molecule has 0 fully saturated rings. The van der Waals surface area contributed by atoms with Gasteiger partial charge in [-0.25, -0.2) is 4.98 Å². The zero-order valence-corrected chi connectivity index (χ0v) is 12.3. The summed E-state index contributed by atoms with van der Waals surface area (Å²) in [5, 5.41) is 14.2. The van der Waals surface area contributed by atoms with Crippen LogP contribution in [0.5, 0.6) is 5.75 Å². The topological polar surface area (TPSA) is 71.5 Å². The maximum absolute atomic E-state index is 10.8. The van der Waals surface area contributed by atoms with Gasteiger partial charge in [0.2, 0.25) is 0 Å². The lowest BCUT2D eigenvalue weighted by atomic mass is 10.1. The smallest absolute Gasteiger partial charge is 0.306 e. The van der Waals surface area contributed by atoms with Crippen LogP contribution in [0.2, 0.25) is 0 Å². The molecular weight excluding hydrogens is 268 g/mol. The molecule has 5 heteroatoms. The summed E-state index contributed by atoms with van der Waals surface area (Å²) >= 11 is 0. The number of carbonyl (C=O) groups is 1. The van der Waals surface area contributed by atoms with Gasteiger partial charge in [-0.3, -0.25) is 4.79 Å². The number of rotatable bonds is 7. The highest BCUT2D eigenvalue weighted by molar-refractivity contribution is 5.92. The number of nitrogens with one attached hydrogen (secondary N) is 1. The molecule has 0 radical (unpaired) electrons. The molecule has 1 aromatic carbocycles. The van der Waals surface area contributed by atoms with Crippen LogP contribution < -0.4 is 10.1 Å². The fourth-order valence-corrected chi connectivity index (χ4v) is 2.15. The summed E-state index contributed by atoms with van der Waals surface area (Å²) in [5.74, 6) is 0.530. The van der Waals surface area contributed by atoms with E-state index in [1.807, 2.05) is 24.3 Å². The minimum absolute atomic E-state index is 0.313. The van der Waals surface area contributed by atoms with Gasteiger partial charge in [-0.1, -0.05) is 13.0 Å². The highest BCUT2D eigenvalue weighted by Gasteiger charge is 2.10. The number of pyridine rings is 1. The average molecular weight is 288 g/mol. The number of methoxy groups -OCH3 is 1. The van der Waals surface area contributed by atoms with Crippen LogP contribution in [0.15, 0.2) is 30.5 Å². The highest BCUT2D eigenvalue weighted by Crippen LogP contribution is 2.25. The fourth-order valence-electron chi connectivity index (χ4n) is 2.15. The number of carboxylic acids is 1. The van der Waals surface area contributed by atoms with Crippen LogP contribution in [-0.4, -0.2) is 29.7 Å². The van der Waals surface area contributed by atoms with E-state index in [1.165, 1.54) is 0 Å². The Labute approximate surface area is 124 Å². The van der Waals surface area contributed by atoms with Crippen LogP contribution in [-0.2, 0) is 4.79 Å². The largest absolute Gasteiger partial charge is 0.497 e. The van der Waals surface area contributed by atoms with Gasteiger partial charge < -0.3 is 15.2 Å². The van der Waals surface area contributed by atoms with E-state index >= 15 is 0 Å². The van der Waals surface area contributed by atoms with Gasteiger partial charge in [0.05, 0.1) is 13.0 Å². The molecule has 1 atom stereocenters. The summed E-state index contributed by atoms with van der Waals surface area (Å²) in [5.41, 5.74) is 0. The summed E-state index contributed by atoms with van der Waals surface area (Å²) in [6.45, 7) is 2.42. The second-order valence-electron chi connectivity index (χ2n) is 5.05. The van der Waals surface area contributed by atoms with Crippen LogP contribution in [0.3, 0.4) is 0 Å². The molecule has 5 nitrogen and oxygen atoms in total. The van der Waals surface area contributed by atoms with Crippen molar-refractivity contribution in [2.45, 2.75) is 19.8 Å². The van der Waals surface area contributed by atoms with E-state index in [4.69, 9.17) is 9.84 Å². The number of ether oxygens (including phenoxy) is 1. The summed E-state index contributed by atoms with van der Waals surface area (Å²) in [6, 6.07) is 7.81. The van der Waals surface area contributed by atoms with Gasteiger partial charge in [-0.05, 0) is 36.4 Å². The minimum atomic E-state index is -0.747. The zero-order valence-electron chi connectivity index (χ0n) is 12.3. The van der Waals surface area contributed by atoms with Crippen molar-refractivity contribution in [2.24, 2.45) is 5.92 Å². The average Bonchev–Trinajstić information content (AvgIpc) is 2.50.